The number of benzene rings is 3. The first kappa shape index (κ1) is 25.0. The van der Waals surface area contributed by atoms with E-state index >= 15 is 0 Å². The predicted octanol–water partition coefficient (Wildman–Crippen LogP) is 6.67. The first-order valence-corrected chi connectivity index (χ1v) is 14.3. The number of carbonyl (C=O) groups is 1. The van der Waals surface area contributed by atoms with Crippen LogP contribution in [0.25, 0.3) is 0 Å². The third-order valence-electron chi connectivity index (χ3n) is 9.14. The lowest BCUT2D eigenvalue weighted by Gasteiger charge is -2.53. The van der Waals surface area contributed by atoms with Crippen molar-refractivity contribution in [1.29, 1.82) is 0 Å². The lowest BCUT2D eigenvalue weighted by atomic mass is 9.65. The number of amides is 1. The quantitative estimate of drug-likeness (QED) is 0.417. The summed E-state index contributed by atoms with van der Waals surface area (Å²) in [4.78, 5) is 19.1. The van der Waals surface area contributed by atoms with E-state index in [4.69, 9.17) is 4.74 Å². The molecule has 0 radical (unpaired) electrons. The molecule has 2 heterocycles. The summed E-state index contributed by atoms with van der Waals surface area (Å²) in [5.41, 5.74) is 3.42. The fraction of sp³-hybridized carbons (Fsp3) is 0.424. The molecule has 198 valence electrons. The highest BCUT2D eigenvalue weighted by atomic mass is 16.5. The molecule has 1 saturated carbocycles. The van der Waals surface area contributed by atoms with Crippen LogP contribution in [0, 0.1) is 5.92 Å². The van der Waals surface area contributed by atoms with Gasteiger partial charge in [0.1, 0.15) is 11.5 Å². The highest BCUT2D eigenvalue weighted by Crippen LogP contribution is 2.52. The van der Waals surface area contributed by atoms with Gasteiger partial charge in [0.05, 0.1) is 17.6 Å². The number of nitrogens with zero attached hydrogens (tertiary/aromatic N) is 2. The molecule has 5 nitrogen and oxygen atoms in total. The van der Waals surface area contributed by atoms with Crippen LogP contribution in [0.2, 0.25) is 0 Å². The van der Waals surface area contributed by atoms with E-state index in [2.05, 4.69) is 47.9 Å². The molecular weight excluding hydrogens is 472 g/mol. The number of fused-ring (bicyclic) bond motifs is 3. The Kier molecular flexibility index (Phi) is 6.65. The molecule has 38 heavy (non-hydrogen) atoms. The van der Waals surface area contributed by atoms with E-state index in [1.807, 2.05) is 48.5 Å². The Morgan fingerprint density at radius 2 is 1.55 bits per heavy atom. The number of likely N-dealkylation sites (tertiary alicyclic amines) is 1. The van der Waals surface area contributed by atoms with Crippen LogP contribution in [-0.4, -0.2) is 41.1 Å². The van der Waals surface area contributed by atoms with E-state index in [0.717, 1.165) is 67.0 Å². The van der Waals surface area contributed by atoms with Crippen LogP contribution < -0.4 is 9.64 Å². The lowest BCUT2D eigenvalue weighted by molar-refractivity contribution is -0.156. The van der Waals surface area contributed by atoms with Crippen molar-refractivity contribution in [3.05, 3.63) is 89.5 Å². The van der Waals surface area contributed by atoms with Crippen molar-refractivity contribution in [2.45, 2.75) is 63.5 Å². The molecule has 1 N–H and O–H groups in total. The molecule has 6 rings (SSSR count). The Bertz CT molecular complexity index is 1260. The van der Waals surface area contributed by atoms with Gasteiger partial charge in [-0.1, -0.05) is 61.4 Å². The Labute approximate surface area is 226 Å². The largest absolute Gasteiger partial charge is 0.457 e. The van der Waals surface area contributed by atoms with Gasteiger partial charge in [-0.25, -0.2) is 0 Å². The minimum Gasteiger partial charge on any atom is -0.457 e. The van der Waals surface area contributed by atoms with Crippen LogP contribution in [0.15, 0.2) is 72.8 Å². The molecule has 0 spiro atoms. The number of rotatable bonds is 5. The number of carbonyl (C=O) groups excluding carboxylic acids is 1. The number of anilines is 1. The van der Waals surface area contributed by atoms with Crippen molar-refractivity contribution in [3.8, 4) is 11.5 Å². The van der Waals surface area contributed by atoms with Gasteiger partial charge in [0, 0.05) is 42.4 Å². The van der Waals surface area contributed by atoms with E-state index in [0.29, 0.717) is 13.0 Å². The van der Waals surface area contributed by atoms with Gasteiger partial charge in [0.15, 0.2) is 0 Å². The number of hydrogen-bond acceptors (Lipinski definition) is 4. The summed E-state index contributed by atoms with van der Waals surface area (Å²) in [7, 11) is 0. The van der Waals surface area contributed by atoms with Gasteiger partial charge in [0.25, 0.3) is 0 Å². The molecule has 0 unspecified atom stereocenters. The summed E-state index contributed by atoms with van der Waals surface area (Å²) in [5, 5.41) is 11.8. The zero-order valence-corrected chi connectivity index (χ0v) is 22.5. The Morgan fingerprint density at radius 1 is 0.921 bits per heavy atom. The van der Waals surface area contributed by atoms with Gasteiger partial charge in [-0.15, -0.1) is 0 Å². The van der Waals surface area contributed by atoms with Crippen molar-refractivity contribution >= 4 is 11.6 Å². The van der Waals surface area contributed by atoms with E-state index in [1.165, 1.54) is 5.69 Å². The Morgan fingerprint density at radius 3 is 2.18 bits per heavy atom. The first-order chi connectivity index (χ1) is 18.5. The number of ether oxygens (including phenoxy) is 1. The summed E-state index contributed by atoms with van der Waals surface area (Å²) in [6, 6.07) is 24.4. The molecule has 0 bridgehead atoms. The summed E-state index contributed by atoms with van der Waals surface area (Å²) in [6.45, 7) is 6.80. The highest BCUT2D eigenvalue weighted by molar-refractivity contribution is 5.90. The molecule has 1 saturated heterocycles. The molecule has 3 aromatic rings. The van der Waals surface area contributed by atoms with E-state index in [-0.39, 0.29) is 17.9 Å². The van der Waals surface area contributed by atoms with E-state index < -0.39 is 11.5 Å². The maximum Gasteiger partial charge on any atom is 0.235 e. The molecule has 5 heteroatoms. The molecular formula is C33H38N2O3. The number of aliphatic hydroxyl groups is 1. The van der Waals surface area contributed by atoms with Crippen LogP contribution in [0.4, 0.5) is 5.69 Å². The van der Waals surface area contributed by atoms with Crippen molar-refractivity contribution in [2.24, 2.45) is 5.92 Å². The van der Waals surface area contributed by atoms with Crippen LogP contribution in [0.3, 0.4) is 0 Å². The standard InChI is InChI=1S/C33H38N2O3/c1-3-34(4-2)24-18-16-23(17-19-24)31-27-13-9-10-20-33(27,37)21-22-35(31)32(36)30-25-11-5-7-14-28(25)38-29-15-8-6-12-26(29)30/h5-8,11-12,14-19,27,30-31,37H,3-4,9-10,13,20-22H2,1-2H3/t27-,31+,33+/m0/s1. The summed E-state index contributed by atoms with van der Waals surface area (Å²) in [6.07, 6.45) is 4.52. The van der Waals surface area contributed by atoms with E-state index in [9.17, 15) is 9.90 Å². The molecule has 2 fully saturated rings. The minimum atomic E-state index is -0.720. The number of piperidine rings is 1. The molecule has 1 aliphatic carbocycles. The van der Waals surface area contributed by atoms with Gasteiger partial charge in [-0.3, -0.25) is 4.79 Å². The topological polar surface area (TPSA) is 53.0 Å². The second-order valence-electron chi connectivity index (χ2n) is 11.1. The highest BCUT2D eigenvalue weighted by Gasteiger charge is 2.51. The van der Waals surface area contributed by atoms with Gasteiger partial charge in [-0.05, 0) is 62.9 Å². The number of hydrogen-bond donors (Lipinski definition) is 1. The molecule has 3 aromatic carbocycles. The Hall–Kier alpha value is -3.31. The molecule has 0 aromatic heterocycles. The molecule has 3 atom stereocenters. The first-order valence-electron chi connectivity index (χ1n) is 14.3. The molecule has 3 aliphatic rings. The van der Waals surface area contributed by atoms with Crippen molar-refractivity contribution < 1.29 is 14.6 Å². The van der Waals surface area contributed by atoms with Gasteiger partial charge < -0.3 is 19.6 Å². The van der Waals surface area contributed by atoms with Gasteiger partial charge >= 0.3 is 0 Å². The maximum atomic E-state index is 14.7. The smallest absolute Gasteiger partial charge is 0.235 e. The van der Waals surface area contributed by atoms with Crippen LogP contribution in [0.1, 0.15) is 74.6 Å². The minimum absolute atomic E-state index is 0.0265. The lowest BCUT2D eigenvalue weighted by Crippen LogP contribution is -2.57. The van der Waals surface area contributed by atoms with Crippen LogP contribution >= 0.6 is 0 Å². The second kappa shape index (κ2) is 10.1. The zero-order chi connectivity index (χ0) is 26.3. The third-order valence-corrected chi connectivity index (χ3v) is 9.14. The normalized spacial score (nSPS) is 24.6. The summed E-state index contributed by atoms with van der Waals surface area (Å²) >= 11 is 0. The summed E-state index contributed by atoms with van der Waals surface area (Å²) < 4.78 is 6.20. The van der Waals surface area contributed by atoms with Gasteiger partial charge in [0.2, 0.25) is 5.91 Å². The van der Waals surface area contributed by atoms with Crippen LogP contribution in [-0.2, 0) is 4.79 Å². The summed E-state index contributed by atoms with van der Waals surface area (Å²) in [5.74, 6) is 1.19. The fourth-order valence-corrected chi connectivity index (χ4v) is 7.15. The van der Waals surface area contributed by atoms with Crippen molar-refractivity contribution in [3.63, 3.8) is 0 Å². The monoisotopic (exact) mass is 510 g/mol. The third kappa shape index (κ3) is 4.17. The average Bonchev–Trinajstić information content (AvgIpc) is 2.95. The second-order valence-corrected chi connectivity index (χ2v) is 11.1. The average molecular weight is 511 g/mol. The fourth-order valence-electron chi connectivity index (χ4n) is 7.15. The van der Waals surface area contributed by atoms with E-state index in [1.54, 1.807) is 0 Å². The Balaban J connectivity index is 1.42. The van der Waals surface area contributed by atoms with Gasteiger partial charge in [-0.2, -0.15) is 0 Å². The predicted molar refractivity (Wildman–Crippen MR) is 151 cm³/mol. The number of para-hydroxylation sites is 2. The van der Waals surface area contributed by atoms with Crippen molar-refractivity contribution in [2.75, 3.05) is 24.5 Å². The SMILES string of the molecule is CCN(CC)c1ccc([C@@H]2[C@@H]3CCCC[C@@]3(O)CCN2C(=O)C2c3ccccc3Oc3ccccc32)cc1. The molecule has 2 aliphatic heterocycles. The van der Waals surface area contributed by atoms with Crippen LogP contribution in [0.5, 0.6) is 11.5 Å². The van der Waals surface area contributed by atoms with Crippen molar-refractivity contribution in [1.82, 2.24) is 4.90 Å². The zero-order valence-electron chi connectivity index (χ0n) is 22.5. The molecule has 1 amide bonds. The maximum absolute atomic E-state index is 14.7.